The van der Waals surface area contributed by atoms with Gasteiger partial charge in [0.15, 0.2) is 11.5 Å². The minimum absolute atomic E-state index is 0.0765. The maximum absolute atomic E-state index is 12.6. The minimum Gasteiger partial charge on any atom is -0.507 e. The standard InChI is InChI=1S/C20H19NO6/c1-27-15-11-13(7-8-14(15)23)17-16(18(24)12-5-3-2-4-6-12)19(25)20(26)21(17)9-10-22/h2-8,11,17,22-24H,9-10H2,1H3/b18-16-. The molecule has 0 saturated carbocycles. The number of phenolic OH excluding ortho intramolecular Hbond substituents is 1. The number of β-amino-alcohol motifs (C(OH)–C–C–N with tert-alkyl or cyclic N) is 1. The highest BCUT2D eigenvalue weighted by Crippen LogP contribution is 2.41. The van der Waals surface area contributed by atoms with Gasteiger partial charge in [0.1, 0.15) is 5.76 Å². The van der Waals surface area contributed by atoms with Crippen molar-refractivity contribution >= 4 is 17.4 Å². The summed E-state index contributed by atoms with van der Waals surface area (Å²) >= 11 is 0. The summed E-state index contributed by atoms with van der Waals surface area (Å²) in [7, 11) is 1.38. The van der Waals surface area contributed by atoms with Gasteiger partial charge in [0.2, 0.25) is 0 Å². The molecule has 0 radical (unpaired) electrons. The summed E-state index contributed by atoms with van der Waals surface area (Å²) < 4.78 is 5.11. The van der Waals surface area contributed by atoms with Crippen molar-refractivity contribution in [3.05, 3.63) is 65.2 Å². The number of Topliss-reactive ketones (excluding diaryl/α,β-unsaturated/α-hetero) is 1. The summed E-state index contributed by atoms with van der Waals surface area (Å²) in [4.78, 5) is 26.3. The van der Waals surface area contributed by atoms with Gasteiger partial charge in [0.05, 0.1) is 25.3 Å². The number of nitrogens with zero attached hydrogens (tertiary/aromatic N) is 1. The molecule has 1 aliphatic heterocycles. The van der Waals surface area contributed by atoms with Crippen LogP contribution < -0.4 is 4.74 Å². The normalized spacial score (nSPS) is 18.7. The van der Waals surface area contributed by atoms with Crippen LogP contribution in [0.1, 0.15) is 17.2 Å². The van der Waals surface area contributed by atoms with Crippen molar-refractivity contribution < 1.29 is 29.6 Å². The maximum atomic E-state index is 12.6. The van der Waals surface area contributed by atoms with Gasteiger partial charge in [-0.1, -0.05) is 36.4 Å². The first-order chi connectivity index (χ1) is 13.0. The fourth-order valence-corrected chi connectivity index (χ4v) is 3.18. The number of phenols is 1. The maximum Gasteiger partial charge on any atom is 0.295 e. The predicted octanol–water partition coefficient (Wildman–Crippen LogP) is 1.81. The predicted molar refractivity (Wildman–Crippen MR) is 97.2 cm³/mol. The second kappa shape index (κ2) is 7.51. The van der Waals surface area contributed by atoms with E-state index in [2.05, 4.69) is 0 Å². The number of amides is 1. The number of carbonyl (C=O) groups is 2. The van der Waals surface area contributed by atoms with Crippen molar-refractivity contribution in [3.63, 3.8) is 0 Å². The molecule has 1 fully saturated rings. The first kappa shape index (κ1) is 18.5. The van der Waals surface area contributed by atoms with Crippen LogP contribution >= 0.6 is 0 Å². The molecule has 0 aromatic heterocycles. The Bertz CT molecular complexity index is 906. The molecular formula is C20H19NO6. The number of aliphatic hydroxyl groups excluding tert-OH is 2. The number of likely N-dealkylation sites (tertiary alicyclic amines) is 1. The summed E-state index contributed by atoms with van der Waals surface area (Å²) in [6, 6.07) is 11.9. The molecular weight excluding hydrogens is 350 g/mol. The zero-order chi connectivity index (χ0) is 19.6. The largest absolute Gasteiger partial charge is 0.507 e. The number of aliphatic hydroxyl groups is 2. The van der Waals surface area contributed by atoms with Gasteiger partial charge in [-0.05, 0) is 17.7 Å². The molecule has 0 aliphatic carbocycles. The van der Waals surface area contributed by atoms with E-state index >= 15 is 0 Å². The molecule has 3 rings (SSSR count). The molecule has 2 aromatic rings. The second-order valence-corrected chi connectivity index (χ2v) is 6.01. The van der Waals surface area contributed by atoms with Crippen LogP contribution in [0.5, 0.6) is 11.5 Å². The van der Waals surface area contributed by atoms with E-state index in [1.54, 1.807) is 30.3 Å². The van der Waals surface area contributed by atoms with Crippen LogP contribution in [0.3, 0.4) is 0 Å². The molecule has 1 atom stereocenters. The van der Waals surface area contributed by atoms with Crippen LogP contribution in [0.15, 0.2) is 54.1 Å². The Labute approximate surface area is 155 Å². The Balaban J connectivity index is 2.21. The summed E-state index contributed by atoms with van der Waals surface area (Å²) in [6.07, 6.45) is 0. The molecule has 1 heterocycles. The molecule has 27 heavy (non-hydrogen) atoms. The molecule has 2 aromatic carbocycles. The van der Waals surface area contributed by atoms with Crippen LogP contribution in [-0.4, -0.2) is 52.2 Å². The Hall–Kier alpha value is -3.32. The minimum atomic E-state index is -0.910. The van der Waals surface area contributed by atoms with Crippen LogP contribution in [0, 0.1) is 0 Å². The molecule has 1 saturated heterocycles. The zero-order valence-corrected chi connectivity index (χ0v) is 14.6. The van der Waals surface area contributed by atoms with E-state index in [-0.39, 0.29) is 36.0 Å². The van der Waals surface area contributed by atoms with Crippen molar-refractivity contribution in [1.82, 2.24) is 4.90 Å². The molecule has 3 N–H and O–H groups in total. The SMILES string of the molecule is COc1cc(C2/C(=C(/O)c3ccccc3)C(=O)C(=O)N2CCO)ccc1O. The Morgan fingerprint density at radius 2 is 1.85 bits per heavy atom. The quantitative estimate of drug-likeness (QED) is 0.422. The third-order valence-corrected chi connectivity index (χ3v) is 4.45. The lowest BCUT2D eigenvalue weighted by atomic mass is 9.95. The Morgan fingerprint density at radius 3 is 2.48 bits per heavy atom. The molecule has 0 bridgehead atoms. The number of ether oxygens (including phenoxy) is 1. The van der Waals surface area contributed by atoms with E-state index in [1.807, 2.05) is 0 Å². The number of carbonyl (C=O) groups excluding carboxylic acids is 2. The number of ketones is 1. The summed E-state index contributed by atoms with van der Waals surface area (Å²) in [5.41, 5.74) is 0.789. The van der Waals surface area contributed by atoms with Gasteiger partial charge in [-0.3, -0.25) is 9.59 Å². The van der Waals surface area contributed by atoms with E-state index in [0.717, 1.165) is 0 Å². The van der Waals surface area contributed by atoms with E-state index in [0.29, 0.717) is 11.1 Å². The lowest BCUT2D eigenvalue weighted by molar-refractivity contribution is -0.140. The van der Waals surface area contributed by atoms with Gasteiger partial charge >= 0.3 is 0 Å². The summed E-state index contributed by atoms with van der Waals surface area (Å²) in [6.45, 7) is -0.423. The van der Waals surface area contributed by atoms with Crippen molar-refractivity contribution in [2.24, 2.45) is 0 Å². The van der Waals surface area contributed by atoms with Gasteiger partial charge in [-0.2, -0.15) is 0 Å². The summed E-state index contributed by atoms with van der Waals surface area (Å²) in [5, 5.41) is 29.9. The average molecular weight is 369 g/mol. The number of aromatic hydroxyl groups is 1. The lowest BCUT2D eigenvalue weighted by Crippen LogP contribution is -2.32. The van der Waals surface area contributed by atoms with Crippen LogP contribution in [0.4, 0.5) is 0 Å². The van der Waals surface area contributed by atoms with Crippen molar-refractivity contribution in [2.75, 3.05) is 20.3 Å². The fraction of sp³-hybridized carbons (Fsp3) is 0.200. The van der Waals surface area contributed by atoms with E-state index < -0.39 is 17.7 Å². The van der Waals surface area contributed by atoms with E-state index in [1.165, 1.54) is 30.2 Å². The van der Waals surface area contributed by atoms with Crippen molar-refractivity contribution in [3.8, 4) is 11.5 Å². The smallest absolute Gasteiger partial charge is 0.295 e. The van der Waals surface area contributed by atoms with Gasteiger partial charge < -0.3 is 25.0 Å². The van der Waals surface area contributed by atoms with Gasteiger partial charge in [0, 0.05) is 12.1 Å². The van der Waals surface area contributed by atoms with Gasteiger partial charge in [-0.15, -0.1) is 0 Å². The van der Waals surface area contributed by atoms with Crippen LogP contribution in [-0.2, 0) is 9.59 Å². The molecule has 0 spiro atoms. The van der Waals surface area contributed by atoms with Crippen molar-refractivity contribution in [2.45, 2.75) is 6.04 Å². The Kier molecular flexibility index (Phi) is 5.14. The molecule has 7 heteroatoms. The highest BCUT2D eigenvalue weighted by molar-refractivity contribution is 6.46. The number of hydrogen-bond acceptors (Lipinski definition) is 6. The number of hydrogen-bond donors (Lipinski definition) is 3. The molecule has 140 valence electrons. The van der Waals surface area contributed by atoms with E-state index in [9.17, 15) is 24.9 Å². The topological polar surface area (TPSA) is 107 Å². The van der Waals surface area contributed by atoms with E-state index in [4.69, 9.17) is 4.74 Å². The number of benzene rings is 2. The third-order valence-electron chi connectivity index (χ3n) is 4.45. The molecule has 1 aliphatic rings. The molecule has 1 amide bonds. The first-order valence-corrected chi connectivity index (χ1v) is 8.31. The second-order valence-electron chi connectivity index (χ2n) is 6.01. The average Bonchev–Trinajstić information content (AvgIpc) is 2.94. The highest BCUT2D eigenvalue weighted by atomic mass is 16.5. The van der Waals surface area contributed by atoms with Crippen molar-refractivity contribution in [1.29, 1.82) is 0 Å². The molecule has 7 nitrogen and oxygen atoms in total. The zero-order valence-electron chi connectivity index (χ0n) is 14.6. The monoisotopic (exact) mass is 369 g/mol. The number of methoxy groups -OCH3 is 1. The first-order valence-electron chi connectivity index (χ1n) is 8.31. The Morgan fingerprint density at radius 1 is 1.15 bits per heavy atom. The van der Waals surface area contributed by atoms with Gasteiger partial charge in [0.25, 0.3) is 11.7 Å². The lowest BCUT2D eigenvalue weighted by Gasteiger charge is -2.25. The molecule has 1 unspecified atom stereocenters. The number of rotatable bonds is 5. The van der Waals surface area contributed by atoms with Gasteiger partial charge in [-0.25, -0.2) is 0 Å². The highest BCUT2D eigenvalue weighted by Gasteiger charge is 2.46. The third kappa shape index (κ3) is 3.24. The van der Waals surface area contributed by atoms with Crippen LogP contribution in [0.25, 0.3) is 5.76 Å². The fourth-order valence-electron chi connectivity index (χ4n) is 3.18. The van der Waals surface area contributed by atoms with Crippen LogP contribution in [0.2, 0.25) is 0 Å². The summed E-state index contributed by atoms with van der Waals surface area (Å²) in [5.74, 6) is -1.86.